The predicted octanol–water partition coefficient (Wildman–Crippen LogP) is 12.8. The Morgan fingerprint density at radius 1 is 0.696 bits per heavy atom. The number of aryl methyl sites for hydroxylation is 1. The monoisotopic (exact) mass is 779 g/mol. The Morgan fingerprint density at radius 3 is 1.96 bits per heavy atom. The van der Waals surface area contributed by atoms with Gasteiger partial charge in [0.25, 0.3) is 0 Å². The lowest BCUT2D eigenvalue weighted by molar-refractivity contribution is 0.321. The van der Waals surface area contributed by atoms with E-state index in [2.05, 4.69) is 125 Å². The maximum absolute atomic E-state index is 5.69. The molecule has 0 radical (unpaired) electrons. The summed E-state index contributed by atoms with van der Waals surface area (Å²) >= 11 is 1.55. The van der Waals surface area contributed by atoms with E-state index < -0.39 is 0 Å². The Morgan fingerprint density at radius 2 is 1.34 bits per heavy atom. The van der Waals surface area contributed by atoms with Gasteiger partial charge in [-0.15, -0.1) is 0 Å². The van der Waals surface area contributed by atoms with Gasteiger partial charge >= 0.3 is 0 Å². The molecule has 0 unspecified atom stereocenters. The zero-order chi connectivity index (χ0) is 40.9. The number of aromatic amines is 1. The van der Waals surface area contributed by atoms with Crippen molar-refractivity contribution < 1.29 is 18.6 Å². The van der Waals surface area contributed by atoms with Gasteiger partial charge in [0.2, 0.25) is 5.75 Å². The van der Waals surface area contributed by atoms with Gasteiger partial charge in [-0.05, 0) is 89.2 Å². The highest BCUT2D eigenvalue weighted by Gasteiger charge is 2.17. The quantitative estimate of drug-likeness (QED) is 0.141. The molecule has 0 fully saturated rings. The van der Waals surface area contributed by atoms with Crippen molar-refractivity contribution in [3.63, 3.8) is 0 Å². The number of rotatable bonds is 10. The summed E-state index contributed by atoms with van der Waals surface area (Å²) in [6, 6.07) is 22.9. The number of hydrogen-bond acceptors (Lipinski definition) is 9. The second kappa shape index (κ2) is 20.7. The smallest absolute Gasteiger partial charge is 0.203 e. The molecular weight excluding hydrogens is 719 g/mol. The van der Waals surface area contributed by atoms with E-state index in [9.17, 15) is 0 Å². The zero-order valence-corrected chi connectivity index (χ0v) is 36.1. The molecule has 3 aromatic heterocycles. The van der Waals surface area contributed by atoms with Crippen molar-refractivity contribution in [2.45, 2.75) is 105 Å². The number of benzene rings is 4. The molecule has 0 aliphatic carbocycles. The SMILES string of the molecule is CC(C)c1ccc2[nH]ncc2c1.CC(C)c1ccc2nc(N)sc2c1.CCCCc1nc2cc(C(C)C)ccc2o1.COc1ccc(C(C)C)c(OC)c1OC. The van der Waals surface area contributed by atoms with Crippen molar-refractivity contribution in [2.75, 3.05) is 27.1 Å². The van der Waals surface area contributed by atoms with Gasteiger partial charge in [0, 0.05) is 17.4 Å². The van der Waals surface area contributed by atoms with Crippen LogP contribution in [0.5, 0.6) is 17.2 Å². The van der Waals surface area contributed by atoms with Gasteiger partial charge in [-0.1, -0.05) is 104 Å². The lowest BCUT2D eigenvalue weighted by Gasteiger charge is -2.17. The molecular formula is C46H61N5O4S. The van der Waals surface area contributed by atoms with Crippen LogP contribution < -0.4 is 19.9 Å². The van der Waals surface area contributed by atoms with Crippen LogP contribution >= 0.6 is 11.3 Å². The maximum Gasteiger partial charge on any atom is 0.203 e. The van der Waals surface area contributed by atoms with Crippen molar-refractivity contribution in [3.8, 4) is 17.2 Å². The lowest BCUT2D eigenvalue weighted by Crippen LogP contribution is -1.99. The molecule has 0 atom stereocenters. The number of H-pyrrole nitrogens is 1. The van der Waals surface area contributed by atoms with Crippen LogP contribution in [0, 0.1) is 0 Å². The van der Waals surface area contributed by atoms with E-state index in [1.807, 2.05) is 30.5 Å². The first-order chi connectivity index (χ1) is 26.8. The third-order valence-corrected chi connectivity index (χ3v) is 10.3. The summed E-state index contributed by atoms with van der Waals surface area (Å²) in [7, 11) is 4.87. The number of nitrogens with one attached hydrogen (secondary N) is 1. The van der Waals surface area contributed by atoms with Crippen LogP contribution in [0.1, 0.15) is 127 Å². The fraction of sp³-hybridized carbons (Fsp3) is 0.413. The summed E-state index contributed by atoms with van der Waals surface area (Å²) in [5.74, 6) is 5.06. The molecule has 9 nitrogen and oxygen atoms in total. The Kier molecular flexibility index (Phi) is 16.1. The normalized spacial score (nSPS) is 11.1. The number of nitrogen functional groups attached to an aromatic ring is 1. The maximum atomic E-state index is 5.69. The van der Waals surface area contributed by atoms with E-state index in [-0.39, 0.29) is 0 Å². The molecule has 7 aromatic rings. The molecule has 3 heterocycles. The van der Waals surface area contributed by atoms with Gasteiger partial charge in [-0.3, -0.25) is 5.10 Å². The molecule has 0 spiro atoms. The van der Waals surface area contributed by atoms with Gasteiger partial charge in [-0.2, -0.15) is 5.10 Å². The first kappa shape index (κ1) is 43.6. The highest BCUT2D eigenvalue weighted by molar-refractivity contribution is 7.22. The lowest BCUT2D eigenvalue weighted by atomic mass is 10.0. The number of nitrogens with two attached hydrogens (primary N) is 1. The van der Waals surface area contributed by atoms with Crippen molar-refractivity contribution in [1.29, 1.82) is 0 Å². The Labute approximate surface area is 337 Å². The van der Waals surface area contributed by atoms with E-state index in [0.29, 0.717) is 40.3 Å². The first-order valence-corrected chi connectivity index (χ1v) is 20.4. The number of fused-ring (bicyclic) bond motifs is 3. The average Bonchev–Trinajstić information content (AvgIpc) is 3.93. The number of ether oxygens (including phenoxy) is 3. The number of aromatic nitrogens is 4. The molecule has 4 aromatic carbocycles. The van der Waals surface area contributed by atoms with E-state index in [4.69, 9.17) is 24.4 Å². The number of thiazole rings is 1. The minimum absolute atomic E-state index is 0.389. The predicted molar refractivity (Wildman–Crippen MR) is 235 cm³/mol. The molecule has 10 heteroatoms. The van der Waals surface area contributed by atoms with E-state index in [0.717, 1.165) is 52.2 Å². The van der Waals surface area contributed by atoms with Crippen LogP contribution in [0.3, 0.4) is 0 Å². The molecule has 56 heavy (non-hydrogen) atoms. The van der Waals surface area contributed by atoms with Gasteiger partial charge in [0.05, 0.1) is 43.3 Å². The van der Waals surface area contributed by atoms with Crippen molar-refractivity contribution in [1.82, 2.24) is 20.2 Å². The third-order valence-electron chi connectivity index (χ3n) is 9.45. The fourth-order valence-corrected chi connectivity index (χ4v) is 6.79. The molecule has 0 bridgehead atoms. The van der Waals surface area contributed by atoms with Crippen molar-refractivity contribution in [2.24, 2.45) is 0 Å². The number of hydrogen-bond donors (Lipinski definition) is 2. The van der Waals surface area contributed by atoms with Gasteiger partial charge in [0.15, 0.2) is 28.1 Å². The third kappa shape index (κ3) is 11.5. The number of unbranched alkanes of at least 4 members (excludes halogenated alkanes) is 1. The summed E-state index contributed by atoms with van der Waals surface area (Å²) < 4.78 is 22.8. The molecule has 0 aliphatic rings. The van der Waals surface area contributed by atoms with Crippen molar-refractivity contribution >= 4 is 48.7 Å². The average molecular weight is 780 g/mol. The van der Waals surface area contributed by atoms with Gasteiger partial charge in [0.1, 0.15) is 5.52 Å². The van der Waals surface area contributed by atoms with Crippen LogP contribution in [-0.4, -0.2) is 41.5 Å². The molecule has 7 rings (SSSR count). The second-order valence-corrected chi connectivity index (χ2v) is 16.0. The summed E-state index contributed by atoms with van der Waals surface area (Å²) in [6.45, 7) is 19.6. The standard InChI is InChI=1S/C14H19NO.C12H18O3.C10H12N2S.C10H12N2/c1-4-5-6-14-15-12-9-11(10(2)3)7-8-13(12)16-14;1-8(2)9-6-7-10(13-3)12(15-5)11(9)14-4;1-6(2)7-3-4-8-9(5-7)13-10(11)12-8;1-7(2)8-3-4-10-9(5-8)6-11-12-10/h7-10H,4-6H2,1-3H3;6-8H,1-5H3;3-6H,1-2H3,(H2,11,12);3-7H,1-2H3,(H,11,12). The molecule has 0 saturated heterocycles. The second-order valence-electron chi connectivity index (χ2n) is 15.0. The number of anilines is 1. The Hall–Kier alpha value is -5.09. The van der Waals surface area contributed by atoms with Crippen molar-refractivity contribution in [3.05, 3.63) is 101 Å². The van der Waals surface area contributed by atoms with Crippen LogP contribution in [-0.2, 0) is 6.42 Å². The van der Waals surface area contributed by atoms with Gasteiger partial charge < -0.3 is 24.4 Å². The highest BCUT2D eigenvalue weighted by Crippen LogP contribution is 2.42. The van der Waals surface area contributed by atoms with Crippen LogP contribution in [0.25, 0.3) is 32.2 Å². The molecule has 3 N–H and O–H groups in total. The molecule has 0 aliphatic heterocycles. The number of nitrogens with zero attached hydrogens (tertiary/aromatic N) is 3. The van der Waals surface area contributed by atoms with E-state index in [1.165, 1.54) is 33.2 Å². The number of oxazole rings is 1. The molecule has 300 valence electrons. The van der Waals surface area contributed by atoms with Gasteiger partial charge in [-0.25, -0.2) is 9.97 Å². The van der Waals surface area contributed by atoms with E-state index >= 15 is 0 Å². The van der Waals surface area contributed by atoms with Crippen LogP contribution in [0.4, 0.5) is 5.13 Å². The van der Waals surface area contributed by atoms with Crippen LogP contribution in [0.15, 0.2) is 77.3 Å². The van der Waals surface area contributed by atoms with E-state index in [1.54, 1.807) is 32.7 Å². The Bertz CT molecular complexity index is 2270. The highest BCUT2D eigenvalue weighted by atomic mass is 32.1. The summed E-state index contributed by atoms with van der Waals surface area (Å²) in [5.41, 5.74) is 14.8. The zero-order valence-electron chi connectivity index (χ0n) is 35.3. The Balaban J connectivity index is 0.000000167. The largest absolute Gasteiger partial charge is 0.493 e. The fourth-order valence-electron chi connectivity index (χ4n) is 6.00. The summed E-state index contributed by atoms with van der Waals surface area (Å²) in [6.07, 6.45) is 5.13. The van der Waals surface area contributed by atoms with Crippen LogP contribution in [0.2, 0.25) is 0 Å². The summed E-state index contributed by atoms with van der Waals surface area (Å²) in [5, 5.41) is 8.76. The first-order valence-electron chi connectivity index (χ1n) is 19.6. The minimum atomic E-state index is 0.389. The summed E-state index contributed by atoms with van der Waals surface area (Å²) in [4.78, 5) is 8.74. The topological polar surface area (TPSA) is 121 Å². The minimum Gasteiger partial charge on any atom is -0.493 e. The molecule has 0 saturated carbocycles. The molecule has 0 amide bonds. The number of methoxy groups -OCH3 is 3.